The second-order valence-corrected chi connectivity index (χ2v) is 15.5. The van der Waals surface area contributed by atoms with Gasteiger partial charge in [0.15, 0.2) is 8.67 Å². The molecule has 4 fully saturated rings. The Kier molecular flexibility index (Phi) is 4.39. The highest BCUT2D eigenvalue weighted by molar-refractivity contribution is 6.67. The molecular weight excluding hydrogens is 630 g/mol. The molecule has 10 atom stereocenters. The Bertz CT molecular complexity index is 825. The summed E-state index contributed by atoms with van der Waals surface area (Å²) in [5, 5.41) is 0.671. The smallest absolute Gasteiger partial charge is 0.109 e. The minimum atomic E-state index is -1.62. The molecule has 0 spiro atoms. The van der Waals surface area contributed by atoms with Crippen LogP contribution in [0.15, 0.2) is 20.1 Å². The maximum absolute atomic E-state index is 7.09. The molecule has 29 heavy (non-hydrogen) atoms. The Balaban J connectivity index is 1.62. The van der Waals surface area contributed by atoms with Crippen LogP contribution in [-0.2, 0) is 0 Å². The van der Waals surface area contributed by atoms with E-state index < -0.39 is 28.2 Å². The van der Waals surface area contributed by atoms with Crippen LogP contribution in [0.1, 0.15) is 6.42 Å². The second kappa shape index (κ2) is 5.68. The highest BCUT2D eigenvalue weighted by atomic mass is 35.5. The standard InChI is InChI=1S/C17H8Cl12/c18-8-10(20)14(24)6-3-1-2(4(6)12(8,22)16(14,26)27)5-7(3)15(25)11(21)9(19)13(5,23)17(15,28)29/h2-7H,1H2/t2?,3?,4-,5-,6-,7+,12+,13+,14-,15+/m1/s1. The number of halogens is 12. The maximum Gasteiger partial charge on any atom is 0.166 e. The van der Waals surface area contributed by atoms with Crippen LogP contribution in [0, 0.1) is 35.5 Å². The van der Waals surface area contributed by atoms with Crippen LogP contribution in [0.4, 0.5) is 0 Å². The number of fused-ring (bicyclic) bond motifs is 16. The van der Waals surface area contributed by atoms with Gasteiger partial charge in [-0.2, -0.15) is 0 Å². The van der Waals surface area contributed by atoms with Crippen LogP contribution >= 0.6 is 139 Å². The molecule has 12 heteroatoms. The van der Waals surface area contributed by atoms with Crippen molar-refractivity contribution in [1.82, 2.24) is 0 Å². The third kappa shape index (κ3) is 1.72. The molecule has 4 saturated carbocycles. The van der Waals surface area contributed by atoms with Crippen LogP contribution < -0.4 is 0 Å². The van der Waals surface area contributed by atoms with Crippen molar-refractivity contribution in [1.29, 1.82) is 0 Å². The summed E-state index contributed by atoms with van der Waals surface area (Å²) >= 11 is 81.8. The minimum Gasteiger partial charge on any atom is -0.109 e. The van der Waals surface area contributed by atoms with Crippen LogP contribution in [-0.4, -0.2) is 28.2 Å². The molecule has 0 radical (unpaired) electrons. The summed E-state index contributed by atoms with van der Waals surface area (Å²) in [6.45, 7) is 0. The first-order chi connectivity index (χ1) is 13.1. The molecule has 6 bridgehead atoms. The van der Waals surface area contributed by atoms with E-state index in [9.17, 15) is 0 Å². The molecule has 0 aromatic carbocycles. The third-order valence-electron chi connectivity index (χ3n) is 8.49. The fourth-order valence-corrected chi connectivity index (χ4v) is 14.0. The molecule has 160 valence electrons. The van der Waals surface area contributed by atoms with E-state index in [0.29, 0.717) is 6.42 Å². The first-order valence-corrected chi connectivity index (χ1v) is 13.3. The van der Waals surface area contributed by atoms with Crippen molar-refractivity contribution in [2.24, 2.45) is 35.5 Å². The molecule has 0 amide bonds. The van der Waals surface area contributed by atoms with Gasteiger partial charge in [0.25, 0.3) is 0 Å². The van der Waals surface area contributed by atoms with E-state index in [0.717, 1.165) is 0 Å². The van der Waals surface area contributed by atoms with Crippen LogP contribution in [0.5, 0.6) is 0 Å². The number of alkyl halides is 8. The summed E-state index contributed by atoms with van der Waals surface area (Å²) in [4.78, 5) is -5.49. The molecule has 0 aromatic rings. The van der Waals surface area contributed by atoms with E-state index in [1.807, 2.05) is 0 Å². The fourth-order valence-electron chi connectivity index (χ4n) is 7.72. The van der Waals surface area contributed by atoms with E-state index in [1.54, 1.807) is 0 Å². The largest absolute Gasteiger partial charge is 0.166 e. The number of rotatable bonds is 0. The average molecular weight is 638 g/mol. The zero-order valence-electron chi connectivity index (χ0n) is 13.7. The lowest BCUT2D eigenvalue weighted by atomic mass is 9.61. The number of hydrogen-bond donors (Lipinski definition) is 0. The molecule has 0 N–H and O–H groups in total. The number of hydrogen-bond acceptors (Lipinski definition) is 0. The maximum atomic E-state index is 7.09. The highest BCUT2D eigenvalue weighted by Crippen LogP contribution is 2.90. The van der Waals surface area contributed by atoms with E-state index in [2.05, 4.69) is 0 Å². The third-order valence-corrected chi connectivity index (χ3v) is 17.1. The van der Waals surface area contributed by atoms with Crippen LogP contribution in [0.25, 0.3) is 0 Å². The fraction of sp³-hybridized carbons (Fsp3) is 0.765. The Morgan fingerprint density at radius 3 is 0.862 bits per heavy atom. The number of allylic oxidation sites excluding steroid dienone is 4. The lowest BCUT2D eigenvalue weighted by molar-refractivity contribution is 0.0959. The Morgan fingerprint density at radius 2 is 0.655 bits per heavy atom. The highest BCUT2D eigenvalue weighted by Gasteiger charge is 2.94. The Morgan fingerprint density at radius 1 is 0.448 bits per heavy atom. The molecule has 0 aromatic heterocycles. The molecule has 6 rings (SSSR count). The SMILES string of the molecule is ClC1=C(Cl)[C@@]2(Cl)[C@H]3C4CC([C@H]3[C@@]1(Cl)C2(Cl)Cl)[C@@H]1[C@@H]4[C@@]2(Cl)C(Cl)=C(Cl)[C@]1(Cl)C2(Cl)Cl. The second-order valence-electron chi connectivity index (χ2n) is 8.92. The van der Waals surface area contributed by atoms with Crippen molar-refractivity contribution in [2.45, 2.75) is 34.6 Å². The van der Waals surface area contributed by atoms with Gasteiger partial charge in [-0.25, -0.2) is 0 Å². The predicted molar refractivity (Wildman–Crippen MR) is 126 cm³/mol. The normalized spacial score (nSPS) is 62.5. The molecule has 6 aliphatic carbocycles. The molecule has 0 nitrogen and oxygen atoms in total. The lowest BCUT2D eigenvalue weighted by Gasteiger charge is -2.49. The van der Waals surface area contributed by atoms with Gasteiger partial charge in [-0.3, -0.25) is 0 Å². The summed E-state index contributed by atoms with van der Waals surface area (Å²) in [5.41, 5.74) is 0. The Labute approximate surface area is 227 Å². The summed E-state index contributed by atoms with van der Waals surface area (Å²) < 4.78 is -3.25. The van der Waals surface area contributed by atoms with E-state index >= 15 is 0 Å². The summed E-state index contributed by atoms with van der Waals surface area (Å²) in [6, 6.07) is 0. The van der Waals surface area contributed by atoms with Crippen molar-refractivity contribution >= 4 is 139 Å². The molecule has 0 aliphatic heterocycles. The topological polar surface area (TPSA) is 0 Å². The van der Waals surface area contributed by atoms with E-state index in [1.165, 1.54) is 0 Å². The van der Waals surface area contributed by atoms with E-state index in [4.69, 9.17) is 139 Å². The van der Waals surface area contributed by atoms with Crippen molar-refractivity contribution in [2.75, 3.05) is 0 Å². The molecular formula is C17H8Cl12. The first kappa shape index (κ1) is 22.4. The van der Waals surface area contributed by atoms with Crippen LogP contribution in [0.2, 0.25) is 0 Å². The molecule has 0 saturated heterocycles. The molecule has 2 unspecified atom stereocenters. The van der Waals surface area contributed by atoms with Gasteiger partial charge in [-0.1, -0.05) is 92.8 Å². The first-order valence-electron chi connectivity index (χ1n) is 8.74. The monoisotopic (exact) mass is 632 g/mol. The lowest BCUT2D eigenvalue weighted by Crippen LogP contribution is -2.51. The summed E-state index contributed by atoms with van der Waals surface area (Å²) in [7, 11) is 0. The zero-order chi connectivity index (χ0) is 21.5. The van der Waals surface area contributed by atoms with Crippen LogP contribution in [0.3, 0.4) is 0 Å². The van der Waals surface area contributed by atoms with Crippen molar-refractivity contribution in [3.05, 3.63) is 20.1 Å². The summed E-state index contributed by atoms with van der Waals surface area (Å²) in [6.07, 6.45) is 0.715. The van der Waals surface area contributed by atoms with Gasteiger partial charge in [0.05, 0.1) is 20.1 Å². The Hall–Kier alpha value is 2.96. The summed E-state index contributed by atoms with van der Waals surface area (Å²) in [5.74, 6) is -1.48. The quantitative estimate of drug-likeness (QED) is 0.184. The van der Waals surface area contributed by atoms with Gasteiger partial charge in [0.2, 0.25) is 0 Å². The minimum absolute atomic E-state index is 0.128. The van der Waals surface area contributed by atoms with Gasteiger partial charge in [-0.05, 0) is 41.9 Å². The average Bonchev–Trinajstić information content (AvgIpc) is 3.33. The predicted octanol–water partition coefficient (Wildman–Crippen LogP) is 8.79. The van der Waals surface area contributed by atoms with Gasteiger partial charge < -0.3 is 0 Å². The van der Waals surface area contributed by atoms with Gasteiger partial charge >= 0.3 is 0 Å². The van der Waals surface area contributed by atoms with E-state index in [-0.39, 0.29) is 55.6 Å². The zero-order valence-corrected chi connectivity index (χ0v) is 22.8. The molecule has 0 heterocycles. The van der Waals surface area contributed by atoms with Gasteiger partial charge in [0, 0.05) is 0 Å². The van der Waals surface area contributed by atoms with Crippen molar-refractivity contribution < 1.29 is 0 Å². The van der Waals surface area contributed by atoms with Crippen molar-refractivity contribution in [3.63, 3.8) is 0 Å². The van der Waals surface area contributed by atoms with Crippen molar-refractivity contribution in [3.8, 4) is 0 Å². The van der Waals surface area contributed by atoms with Gasteiger partial charge in [-0.15, -0.1) is 46.4 Å². The molecule has 6 aliphatic rings. The van der Waals surface area contributed by atoms with Gasteiger partial charge in [0.1, 0.15) is 19.5 Å².